The second-order valence-electron chi connectivity index (χ2n) is 38.3. The van der Waals surface area contributed by atoms with Gasteiger partial charge in [0.2, 0.25) is 0 Å². The van der Waals surface area contributed by atoms with Crippen LogP contribution in [0.2, 0.25) is 0 Å². The van der Waals surface area contributed by atoms with E-state index in [9.17, 15) is 0 Å². The molecule has 13 nitrogen and oxygen atoms in total. The van der Waals surface area contributed by atoms with Crippen LogP contribution in [0.1, 0.15) is 99.9 Å². The molecule has 28 rings (SSSR count). The van der Waals surface area contributed by atoms with Gasteiger partial charge in [-0.2, -0.15) is 0 Å². The molecule has 136 heavy (non-hydrogen) atoms. The topological polar surface area (TPSA) is 169 Å². The molecule has 24 aromatic rings. The molecule has 0 fully saturated rings. The Hall–Kier alpha value is -17.0. The molecule has 4 aliphatic rings. The molecule has 0 unspecified atom stereocenters. The first-order valence-corrected chi connectivity index (χ1v) is 46.3. The van der Waals surface area contributed by atoms with Crippen LogP contribution in [0, 0.1) is 0 Å². The molecule has 0 bridgehead atoms. The van der Waals surface area contributed by atoms with Gasteiger partial charge in [0.15, 0.2) is 52.4 Å². The van der Waals surface area contributed by atoms with E-state index in [0.29, 0.717) is 52.4 Å². The fourth-order valence-corrected chi connectivity index (χ4v) is 21.6. The van der Waals surface area contributed by atoms with Crippen molar-refractivity contribution in [3.63, 3.8) is 0 Å². The molecule has 17 aromatic carbocycles. The van der Waals surface area contributed by atoms with E-state index in [1.165, 1.54) is 89.0 Å². The molecule has 0 saturated carbocycles. The Labute approximate surface area is 783 Å². The zero-order valence-electron chi connectivity index (χ0n) is 75.9. The quantitative estimate of drug-likeness (QED) is 0.134. The van der Waals surface area contributed by atoms with Crippen molar-refractivity contribution in [3.8, 4) is 147 Å². The highest BCUT2D eigenvalue weighted by Crippen LogP contribution is 2.57. The Morgan fingerprint density at radius 2 is 0.346 bits per heavy atom. The van der Waals surface area contributed by atoms with Crippen LogP contribution in [0.5, 0.6) is 0 Å². The van der Waals surface area contributed by atoms with Crippen molar-refractivity contribution < 1.29 is 17.7 Å². The van der Waals surface area contributed by atoms with Crippen LogP contribution in [0.15, 0.2) is 388 Å². The van der Waals surface area contributed by atoms with E-state index in [1.54, 1.807) is 0 Å². The monoisotopic (exact) mass is 1750 g/mol. The zero-order valence-corrected chi connectivity index (χ0v) is 75.9. The second kappa shape index (κ2) is 30.3. The van der Waals surface area contributed by atoms with Gasteiger partial charge in [-0.05, 0) is 192 Å². The molecular formula is C123H85N9O4. The van der Waals surface area contributed by atoms with E-state index >= 15 is 0 Å². The van der Waals surface area contributed by atoms with Crippen molar-refractivity contribution in [3.05, 3.63) is 415 Å². The van der Waals surface area contributed by atoms with Crippen molar-refractivity contribution in [2.75, 3.05) is 0 Å². The third kappa shape index (κ3) is 12.8. The SMILES string of the molecule is CC1(C)c2cc(-c3nc(-c4ccccc4)nc(-c4ccc5oc6ccccc6c5c4)n3)ccc2-c2cc3oc4ccccc4c3cc21.CC1(C)c2cc(-c3nc(-c4ccccc4)nc(-c4ccccc4)n3)ccc2-c2cc3oc4ccccc4c3cc21.CC1(C)c2ccccc2-c2ccc(-c3nc(-c4ccccc4)nc(-c4ccc5c(c4)C(C)(C)c4cc6c(cc4-5)oc4ccccc46)n3)cc21. The van der Waals surface area contributed by atoms with E-state index in [-0.39, 0.29) is 21.7 Å². The Kier molecular flexibility index (Phi) is 17.8. The number of fused-ring (bicyclic) bond motifs is 24. The first kappa shape index (κ1) is 79.9. The summed E-state index contributed by atoms with van der Waals surface area (Å²) >= 11 is 0. The number of hydrogen-bond acceptors (Lipinski definition) is 13. The van der Waals surface area contributed by atoms with Crippen molar-refractivity contribution in [2.24, 2.45) is 0 Å². The van der Waals surface area contributed by atoms with Crippen LogP contribution in [0.4, 0.5) is 0 Å². The molecule has 0 saturated heterocycles. The van der Waals surface area contributed by atoms with Crippen LogP contribution in [0.3, 0.4) is 0 Å². The number of para-hydroxylation sites is 4. The number of nitrogens with zero attached hydrogens (tertiary/aromatic N) is 9. The predicted octanol–water partition coefficient (Wildman–Crippen LogP) is 31.4. The fraction of sp³-hybridized carbons (Fsp3) is 0.0976. The highest BCUT2D eigenvalue weighted by Gasteiger charge is 2.42. The summed E-state index contributed by atoms with van der Waals surface area (Å²) in [6.07, 6.45) is 0. The van der Waals surface area contributed by atoms with Gasteiger partial charge in [-0.25, -0.2) is 44.9 Å². The van der Waals surface area contributed by atoms with Gasteiger partial charge in [-0.3, -0.25) is 0 Å². The van der Waals surface area contributed by atoms with Gasteiger partial charge >= 0.3 is 0 Å². The molecule has 0 atom stereocenters. The molecule has 0 amide bonds. The van der Waals surface area contributed by atoms with Crippen molar-refractivity contribution in [1.82, 2.24) is 44.9 Å². The number of furan rings is 4. The van der Waals surface area contributed by atoms with Crippen molar-refractivity contribution >= 4 is 87.8 Å². The van der Waals surface area contributed by atoms with E-state index in [1.807, 2.05) is 176 Å². The van der Waals surface area contributed by atoms with Crippen molar-refractivity contribution in [2.45, 2.75) is 77.0 Å². The molecule has 0 radical (unpaired) electrons. The summed E-state index contributed by atoms with van der Waals surface area (Å²) < 4.78 is 24.9. The maximum absolute atomic E-state index is 6.30. The Balaban J connectivity index is 0.000000106. The summed E-state index contributed by atoms with van der Waals surface area (Å²) in [5.74, 6) is 5.91. The van der Waals surface area contributed by atoms with Gasteiger partial charge < -0.3 is 17.7 Å². The number of aromatic nitrogens is 9. The minimum Gasteiger partial charge on any atom is -0.456 e. The number of rotatable bonds is 9. The lowest BCUT2D eigenvalue weighted by atomic mass is 9.81. The molecule has 646 valence electrons. The normalized spacial score (nSPS) is 14.0. The van der Waals surface area contributed by atoms with Crippen LogP contribution in [0.25, 0.3) is 235 Å². The Bertz CT molecular complexity index is 9060. The summed E-state index contributed by atoms with van der Waals surface area (Å²) in [5, 5.41) is 9.03. The third-order valence-corrected chi connectivity index (χ3v) is 28.8. The average molecular weight is 1750 g/mol. The van der Waals surface area contributed by atoms with Gasteiger partial charge in [0.25, 0.3) is 0 Å². The third-order valence-electron chi connectivity index (χ3n) is 28.8. The lowest BCUT2D eigenvalue weighted by Gasteiger charge is -2.22. The minimum atomic E-state index is -0.223. The van der Waals surface area contributed by atoms with Gasteiger partial charge in [0.1, 0.15) is 44.7 Å². The van der Waals surface area contributed by atoms with E-state index < -0.39 is 0 Å². The lowest BCUT2D eigenvalue weighted by Crippen LogP contribution is -2.15. The lowest BCUT2D eigenvalue weighted by molar-refractivity contribution is 0.657. The number of hydrogen-bond donors (Lipinski definition) is 0. The molecule has 4 aliphatic carbocycles. The molecule has 13 heteroatoms. The molecule has 0 aliphatic heterocycles. The average Bonchev–Trinajstić information content (AvgIpc) is 1.53. The second-order valence-corrected chi connectivity index (χ2v) is 38.3. The fourth-order valence-electron chi connectivity index (χ4n) is 21.6. The summed E-state index contributed by atoms with van der Waals surface area (Å²) in [6.45, 7) is 18.4. The molecule has 7 aromatic heterocycles. The van der Waals surface area contributed by atoms with E-state index in [4.69, 9.17) is 62.5 Å². The molecule has 0 N–H and O–H groups in total. The smallest absolute Gasteiger partial charge is 0.164 e. The van der Waals surface area contributed by atoms with E-state index in [2.05, 4.69) is 250 Å². The van der Waals surface area contributed by atoms with Gasteiger partial charge in [0.05, 0.1) is 0 Å². The largest absolute Gasteiger partial charge is 0.456 e. The first-order chi connectivity index (χ1) is 66.3. The van der Waals surface area contributed by atoms with E-state index in [0.717, 1.165) is 138 Å². The van der Waals surface area contributed by atoms with Gasteiger partial charge in [-0.15, -0.1) is 0 Å². The van der Waals surface area contributed by atoms with Crippen LogP contribution in [-0.4, -0.2) is 44.9 Å². The summed E-state index contributed by atoms with van der Waals surface area (Å²) in [5.41, 5.74) is 35.4. The highest BCUT2D eigenvalue weighted by molar-refractivity contribution is 6.11. The Morgan fingerprint density at radius 1 is 0.140 bits per heavy atom. The van der Waals surface area contributed by atoms with Crippen molar-refractivity contribution in [1.29, 1.82) is 0 Å². The minimum absolute atomic E-state index is 0.117. The standard InChI is InChI=1S/C45H33N3O.C42H27N3O2.C36H25N3O/c1-44(2)35-16-10-8-14-29(35)30-20-18-27(22-36(30)44)42-46-41(26-12-6-5-7-13-26)47-43(48-42)28-19-21-31-33-25-40-34(32-15-9-11-17-39(32)49-40)24-38(33)45(3,4)37(31)23-28;1-42(2)33-21-26(16-18-27(33)30-23-38-32(22-34(30)42)29-13-7-9-15-36(29)47-38)41-44-39(24-10-4-3-5-11-24)43-40(45-41)25-17-19-37-31(20-25)28-12-6-8-14-35(28)46-37;1-36(2)29-19-24(17-18-25(29)27-21-32-28(20-30(27)36)26-15-9-10-16-31(26)40-32)35-38-33(22-11-5-3-6-12-22)37-34(39-35)23-13-7-4-8-14-23/h5-25H,1-4H3;3-23H,1-2H3;3-21H,1-2H3. The summed E-state index contributed by atoms with van der Waals surface area (Å²) in [4.78, 5) is 45.2. The summed E-state index contributed by atoms with van der Waals surface area (Å²) in [7, 11) is 0. The molecular weight excluding hydrogens is 1670 g/mol. The highest BCUT2D eigenvalue weighted by atomic mass is 16.3. The molecule has 0 spiro atoms. The van der Waals surface area contributed by atoms with Gasteiger partial charge in [0, 0.05) is 115 Å². The maximum Gasteiger partial charge on any atom is 0.164 e. The summed E-state index contributed by atoms with van der Waals surface area (Å²) in [6, 6.07) is 128. The molecule has 7 heterocycles. The van der Waals surface area contributed by atoms with Crippen LogP contribution >= 0.6 is 0 Å². The Morgan fingerprint density at radius 3 is 0.654 bits per heavy atom. The predicted molar refractivity (Wildman–Crippen MR) is 548 cm³/mol. The van der Waals surface area contributed by atoms with Crippen LogP contribution in [-0.2, 0) is 21.7 Å². The zero-order chi connectivity index (χ0) is 91.2. The first-order valence-electron chi connectivity index (χ1n) is 46.3. The number of benzene rings is 17. The van der Waals surface area contributed by atoms with Gasteiger partial charge in [-0.1, -0.05) is 322 Å². The maximum atomic E-state index is 6.30. The van der Waals surface area contributed by atoms with Crippen LogP contribution < -0.4 is 0 Å².